The molecule has 0 spiro atoms. The Balaban J connectivity index is 1.55. The van der Waals surface area contributed by atoms with Crippen LogP contribution in [0.4, 0.5) is 11.4 Å². The summed E-state index contributed by atoms with van der Waals surface area (Å²) in [6, 6.07) is 10.7. The number of amides is 1. The highest BCUT2D eigenvalue weighted by molar-refractivity contribution is 7.99. The number of ketones is 1. The summed E-state index contributed by atoms with van der Waals surface area (Å²) in [6.45, 7) is 4.29. The summed E-state index contributed by atoms with van der Waals surface area (Å²) in [4.78, 5) is 24.4. The minimum atomic E-state index is -0.144. The second-order valence-corrected chi connectivity index (χ2v) is 8.10. The number of hydrogen-bond donors (Lipinski definition) is 2. The number of nitrogens with one attached hydrogen (secondary N) is 1. The van der Waals surface area contributed by atoms with E-state index in [1.165, 1.54) is 11.8 Å². The zero-order valence-corrected chi connectivity index (χ0v) is 17.5. The van der Waals surface area contributed by atoms with Crippen LogP contribution < -0.4 is 11.1 Å². The van der Waals surface area contributed by atoms with E-state index in [0.717, 1.165) is 11.1 Å². The fourth-order valence-corrected chi connectivity index (χ4v) is 4.30. The molecular formula is C21H18ClN5O2S. The van der Waals surface area contributed by atoms with Crippen molar-refractivity contribution in [2.75, 3.05) is 16.8 Å². The normalized spacial score (nSPS) is 12.5. The predicted molar refractivity (Wildman–Crippen MR) is 119 cm³/mol. The molecule has 9 heteroatoms. The van der Waals surface area contributed by atoms with E-state index in [1.54, 1.807) is 30.3 Å². The van der Waals surface area contributed by atoms with Gasteiger partial charge in [-0.2, -0.15) is 0 Å². The first kappa shape index (κ1) is 20.2. The molecule has 0 saturated heterocycles. The molecule has 0 bridgehead atoms. The molecule has 3 aromatic rings. The summed E-state index contributed by atoms with van der Waals surface area (Å²) in [5.41, 5.74) is 9.13. The van der Waals surface area contributed by atoms with E-state index in [4.69, 9.17) is 17.3 Å². The van der Waals surface area contributed by atoms with Crippen LogP contribution in [0.25, 0.3) is 11.4 Å². The first-order valence-electron chi connectivity index (χ1n) is 9.14. The number of Topliss-reactive ketones (excluding diaryl/α,β-unsaturated/α-hetero) is 1. The van der Waals surface area contributed by atoms with E-state index in [0.29, 0.717) is 39.5 Å². The Morgan fingerprint density at radius 3 is 2.80 bits per heavy atom. The highest BCUT2D eigenvalue weighted by Gasteiger charge is 2.23. The molecule has 1 aliphatic heterocycles. The first-order valence-corrected chi connectivity index (χ1v) is 10.5. The Hall–Kier alpha value is -3.10. The molecule has 0 atom stereocenters. The summed E-state index contributed by atoms with van der Waals surface area (Å²) >= 11 is 7.55. The van der Waals surface area contributed by atoms with Crippen molar-refractivity contribution in [3.8, 4) is 11.4 Å². The standard InChI is InChI=1S/C21H18ClN5O2S/c1-2-7-27-20(12-3-5-14(23)6-4-12)25-26-21(27)30-11-18(28)15-8-13-9-19(29)24-17(13)10-16(15)22/h2-6,8,10H,1,7,9,11,23H2,(H,24,29). The van der Waals surface area contributed by atoms with Gasteiger partial charge in [-0.3, -0.25) is 14.2 Å². The van der Waals surface area contributed by atoms with Crippen LogP contribution in [0.2, 0.25) is 5.02 Å². The molecule has 1 aliphatic rings. The molecule has 0 fully saturated rings. The second kappa shape index (κ2) is 8.33. The molecule has 0 radical (unpaired) electrons. The van der Waals surface area contributed by atoms with Crippen LogP contribution in [0.5, 0.6) is 0 Å². The molecule has 0 saturated carbocycles. The minimum Gasteiger partial charge on any atom is -0.399 e. The molecule has 3 N–H and O–H groups in total. The maximum absolute atomic E-state index is 12.8. The lowest BCUT2D eigenvalue weighted by molar-refractivity contribution is -0.115. The van der Waals surface area contributed by atoms with Crippen LogP contribution in [0.3, 0.4) is 0 Å². The third kappa shape index (κ3) is 3.96. The summed E-state index contributed by atoms with van der Waals surface area (Å²) in [6.07, 6.45) is 2.00. The van der Waals surface area contributed by atoms with Gasteiger partial charge in [0.2, 0.25) is 5.91 Å². The lowest BCUT2D eigenvalue weighted by Gasteiger charge is -2.09. The molecule has 2 aromatic carbocycles. The van der Waals surface area contributed by atoms with E-state index >= 15 is 0 Å². The van der Waals surface area contributed by atoms with Crippen molar-refractivity contribution in [3.63, 3.8) is 0 Å². The van der Waals surface area contributed by atoms with Crippen LogP contribution >= 0.6 is 23.4 Å². The van der Waals surface area contributed by atoms with Crippen LogP contribution in [0.15, 0.2) is 54.2 Å². The van der Waals surface area contributed by atoms with Crippen molar-refractivity contribution >= 4 is 46.4 Å². The van der Waals surface area contributed by atoms with Crippen LogP contribution in [0, 0.1) is 0 Å². The number of nitrogens with two attached hydrogens (primary N) is 1. The minimum absolute atomic E-state index is 0.104. The number of fused-ring (bicyclic) bond motifs is 1. The van der Waals surface area contributed by atoms with Gasteiger partial charge in [-0.15, -0.1) is 16.8 Å². The number of halogens is 1. The Morgan fingerprint density at radius 1 is 1.30 bits per heavy atom. The van der Waals surface area contributed by atoms with E-state index in [1.807, 2.05) is 16.7 Å². The molecule has 7 nitrogen and oxygen atoms in total. The number of carbonyl (C=O) groups is 2. The third-order valence-electron chi connectivity index (χ3n) is 4.65. The molecule has 1 amide bonds. The average Bonchev–Trinajstić information content (AvgIpc) is 3.28. The van der Waals surface area contributed by atoms with Gasteiger partial charge in [0, 0.05) is 29.0 Å². The number of benzene rings is 2. The molecule has 1 aromatic heterocycles. The lowest BCUT2D eigenvalue weighted by atomic mass is 10.1. The highest BCUT2D eigenvalue weighted by Crippen LogP contribution is 2.31. The fraction of sp³-hybridized carbons (Fsp3) is 0.143. The zero-order chi connectivity index (χ0) is 21.3. The number of hydrogen-bond acceptors (Lipinski definition) is 6. The Kier molecular flexibility index (Phi) is 5.61. The van der Waals surface area contributed by atoms with E-state index in [2.05, 4.69) is 22.1 Å². The van der Waals surface area contributed by atoms with Gasteiger partial charge < -0.3 is 11.1 Å². The fourth-order valence-electron chi connectivity index (χ4n) is 3.20. The summed E-state index contributed by atoms with van der Waals surface area (Å²) in [7, 11) is 0. The van der Waals surface area contributed by atoms with E-state index in [-0.39, 0.29) is 23.9 Å². The number of aromatic nitrogens is 3. The van der Waals surface area contributed by atoms with Gasteiger partial charge in [-0.25, -0.2) is 0 Å². The number of nitrogens with zero attached hydrogens (tertiary/aromatic N) is 3. The summed E-state index contributed by atoms with van der Waals surface area (Å²) in [5, 5.41) is 12.2. The number of allylic oxidation sites excluding steroid dienone is 1. The second-order valence-electron chi connectivity index (χ2n) is 6.75. The molecule has 0 aliphatic carbocycles. The van der Waals surface area contributed by atoms with Crippen molar-refractivity contribution in [1.82, 2.24) is 14.8 Å². The maximum Gasteiger partial charge on any atom is 0.228 e. The maximum atomic E-state index is 12.8. The highest BCUT2D eigenvalue weighted by atomic mass is 35.5. The molecule has 4 rings (SSSR count). The van der Waals surface area contributed by atoms with Crippen molar-refractivity contribution < 1.29 is 9.59 Å². The van der Waals surface area contributed by atoms with Gasteiger partial charge in [0.1, 0.15) is 0 Å². The largest absolute Gasteiger partial charge is 0.399 e. The Morgan fingerprint density at radius 2 is 2.07 bits per heavy atom. The molecular weight excluding hydrogens is 422 g/mol. The molecule has 152 valence electrons. The molecule has 2 heterocycles. The number of nitrogen functional groups attached to an aromatic ring is 1. The third-order valence-corrected chi connectivity index (χ3v) is 5.93. The predicted octanol–water partition coefficient (Wildman–Crippen LogP) is 3.84. The zero-order valence-electron chi connectivity index (χ0n) is 15.9. The van der Waals surface area contributed by atoms with Gasteiger partial charge in [0.25, 0.3) is 0 Å². The molecule has 0 unspecified atom stereocenters. The van der Waals surface area contributed by atoms with Crippen molar-refractivity contribution in [2.24, 2.45) is 0 Å². The quantitative estimate of drug-likeness (QED) is 0.251. The van der Waals surface area contributed by atoms with Gasteiger partial charge in [-0.05, 0) is 42.0 Å². The van der Waals surface area contributed by atoms with E-state index in [9.17, 15) is 9.59 Å². The number of rotatable bonds is 7. The summed E-state index contributed by atoms with van der Waals surface area (Å²) < 4.78 is 1.89. The van der Waals surface area contributed by atoms with E-state index < -0.39 is 0 Å². The van der Waals surface area contributed by atoms with Gasteiger partial charge >= 0.3 is 0 Å². The number of carbonyl (C=O) groups excluding carboxylic acids is 2. The number of thioether (sulfide) groups is 1. The van der Waals surface area contributed by atoms with Crippen LogP contribution in [-0.4, -0.2) is 32.2 Å². The summed E-state index contributed by atoms with van der Waals surface area (Å²) in [5.74, 6) is 0.559. The lowest BCUT2D eigenvalue weighted by Crippen LogP contribution is -2.06. The van der Waals surface area contributed by atoms with Crippen LogP contribution in [-0.2, 0) is 17.8 Å². The first-order chi connectivity index (χ1) is 14.5. The van der Waals surface area contributed by atoms with Crippen molar-refractivity contribution in [1.29, 1.82) is 0 Å². The van der Waals surface area contributed by atoms with Gasteiger partial charge in [0.05, 0.1) is 17.2 Å². The monoisotopic (exact) mass is 439 g/mol. The van der Waals surface area contributed by atoms with Crippen molar-refractivity contribution in [2.45, 2.75) is 18.1 Å². The van der Waals surface area contributed by atoms with Gasteiger partial charge in [-0.1, -0.05) is 29.4 Å². The Labute approximate surface area is 182 Å². The average molecular weight is 440 g/mol. The SMILES string of the molecule is C=CCn1c(SCC(=O)c2cc3c(cc2Cl)NC(=O)C3)nnc1-c1ccc(N)cc1. The smallest absolute Gasteiger partial charge is 0.228 e. The van der Waals surface area contributed by atoms with Crippen LogP contribution in [0.1, 0.15) is 15.9 Å². The molecule has 30 heavy (non-hydrogen) atoms. The topological polar surface area (TPSA) is 103 Å². The number of anilines is 2. The Bertz CT molecular complexity index is 1160. The van der Waals surface area contributed by atoms with Crippen molar-refractivity contribution in [3.05, 3.63) is 65.2 Å². The van der Waals surface area contributed by atoms with Gasteiger partial charge in [0.15, 0.2) is 16.8 Å².